The van der Waals surface area contributed by atoms with Crippen LogP contribution in [0.25, 0.3) is 0 Å². The molecule has 1 N–H and O–H groups in total. The molecule has 1 atom stereocenters. The third-order valence-corrected chi connectivity index (χ3v) is 8.66. The number of carbonyl (C=O) groups is 2. The van der Waals surface area contributed by atoms with Gasteiger partial charge in [-0.15, -0.1) is 0 Å². The van der Waals surface area contributed by atoms with Crippen molar-refractivity contribution in [3.8, 4) is 0 Å². The number of aliphatic hydroxyl groups excluding tert-OH is 1. The monoisotopic (exact) mass is 797 g/mol. The van der Waals surface area contributed by atoms with Gasteiger partial charge < -0.3 is 14.6 Å². The number of hydrogen-bond donors (Lipinski definition) is 1. The Morgan fingerprint density at radius 3 is 1.12 bits per heavy atom. The maximum Gasteiger partial charge on any atom is 0.309 e. The van der Waals surface area contributed by atoms with E-state index in [9.17, 15) is 14.7 Å². The summed E-state index contributed by atoms with van der Waals surface area (Å²) in [6.07, 6.45) is 72.3. The molecule has 5 heteroatoms. The zero-order valence-corrected chi connectivity index (χ0v) is 36.5. The molecular weight excluding hydrogens is 717 g/mol. The zero-order valence-electron chi connectivity index (χ0n) is 36.5. The fourth-order valence-electron chi connectivity index (χ4n) is 5.37. The Morgan fingerprint density at radius 1 is 0.414 bits per heavy atom. The number of allylic oxidation sites excluding steroid dienone is 23. The summed E-state index contributed by atoms with van der Waals surface area (Å²) in [5, 5.41) is 9.57. The Hall–Kier alpha value is -4.22. The number of esters is 2. The van der Waals surface area contributed by atoms with Crippen molar-refractivity contribution in [1.82, 2.24) is 0 Å². The number of aliphatic hydroxyl groups is 1. The Morgan fingerprint density at radius 2 is 0.741 bits per heavy atom. The van der Waals surface area contributed by atoms with Crippen molar-refractivity contribution in [2.75, 3.05) is 13.2 Å². The van der Waals surface area contributed by atoms with Crippen LogP contribution in [0.3, 0.4) is 0 Å². The number of unbranched alkanes of at least 4 members (excludes halogenated alkanes) is 7. The molecule has 0 aliphatic rings. The molecule has 5 nitrogen and oxygen atoms in total. The first-order valence-corrected chi connectivity index (χ1v) is 22.4. The molecule has 0 fully saturated rings. The first-order chi connectivity index (χ1) is 28.6. The van der Waals surface area contributed by atoms with Gasteiger partial charge in [0.2, 0.25) is 0 Å². The normalized spacial score (nSPS) is 13.6. The highest BCUT2D eigenvalue weighted by Crippen LogP contribution is 2.11. The van der Waals surface area contributed by atoms with Crippen LogP contribution in [-0.2, 0) is 19.1 Å². The average Bonchev–Trinajstić information content (AvgIpc) is 3.23. The standard InChI is InChI=1S/C53H80O5/c1-3-5-7-9-11-13-15-17-19-20-21-22-23-24-25-26-27-28-29-30-31-32-34-36-38-40-42-44-46-48-53(56)58-51(49-54)50-57-52(55)47-45-43-41-39-37-35-33-18-16-14-12-10-8-6-4-2/h5-8,11-14,17-19,21-22,24-25,27-28,30-31,33,37,39,43,45,51,54H,3-4,9-10,15-16,20,23,26,29,32,34-36,38,40-42,44,46-50H2,1-2H3/b7-5-,8-6-,13-11-,14-12-,19-17-,22-21-,25-24-,28-27-,31-30-,33-18-,39-37-,45-43-. The van der Waals surface area contributed by atoms with E-state index >= 15 is 0 Å². The van der Waals surface area contributed by atoms with Gasteiger partial charge in [0.1, 0.15) is 6.61 Å². The van der Waals surface area contributed by atoms with Crippen molar-refractivity contribution in [1.29, 1.82) is 0 Å². The van der Waals surface area contributed by atoms with Crippen molar-refractivity contribution in [3.63, 3.8) is 0 Å². The van der Waals surface area contributed by atoms with Crippen LogP contribution >= 0.6 is 0 Å². The lowest BCUT2D eigenvalue weighted by Gasteiger charge is -2.15. The Kier molecular flexibility index (Phi) is 43.7. The minimum atomic E-state index is -0.829. The van der Waals surface area contributed by atoms with Crippen LogP contribution in [0, 0.1) is 0 Å². The number of hydrogen-bond acceptors (Lipinski definition) is 5. The molecular formula is C53H80O5. The molecule has 0 aliphatic heterocycles. The summed E-state index contributed by atoms with van der Waals surface area (Å²) >= 11 is 0. The van der Waals surface area contributed by atoms with E-state index < -0.39 is 12.1 Å². The third-order valence-electron chi connectivity index (χ3n) is 8.66. The number of ether oxygens (including phenoxy) is 2. The highest BCUT2D eigenvalue weighted by molar-refractivity contribution is 5.71. The third kappa shape index (κ3) is 44.5. The number of rotatable bonds is 38. The molecule has 0 saturated carbocycles. The van der Waals surface area contributed by atoms with E-state index in [1.807, 2.05) is 6.08 Å². The molecule has 0 saturated heterocycles. The van der Waals surface area contributed by atoms with Crippen LogP contribution in [-0.4, -0.2) is 36.4 Å². The molecule has 1 unspecified atom stereocenters. The lowest BCUT2D eigenvalue weighted by atomic mass is 10.1. The summed E-state index contributed by atoms with van der Waals surface area (Å²) < 4.78 is 10.5. The molecule has 0 aliphatic carbocycles. The summed E-state index contributed by atoms with van der Waals surface area (Å²) in [6, 6.07) is 0. The van der Waals surface area contributed by atoms with Crippen molar-refractivity contribution < 1.29 is 24.2 Å². The fourth-order valence-corrected chi connectivity index (χ4v) is 5.37. The van der Waals surface area contributed by atoms with Crippen molar-refractivity contribution in [2.45, 2.75) is 161 Å². The van der Waals surface area contributed by atoms with E-state index in [4.69, 9.17) is 9.47 Å². The van der Waals surface area contributed by atoms with Crippen LogP contribution in [0.5, 0.6) is 0 Å². The minimum Gasteiger partial charge on any atom is -0.461 e. The summed E-state index contributed by atoms with van der Waals surface area (Å²) in [5.74, 6) is -0.767. The maximum atomic E-state index is 12.2. The average molecular weight is 797 g/mol. The van der Waals surface area contributed by atoms with Crippen LogP contribution in [0.2, 0.25) is 0 Å². The Balaban J connectivity index is 3.72. The van der Waals surface area contributed by atoms with E-state index in [1.165, 1.54) is 25.7 Å². The van der Waals surface area contributed by atoms with E-state index in [0.29, 0.717) is 6.42 Å². The van der Waals surface area contributed by atoms with Gasteiger partial charge in [-0.25, -0.2) is 0 Å². The fraction of sp³-hybridized carbons (Fsp3) is 0.509. The van der Waals surface area contributed by atoms with Gasteiger partial charge in [-0.3, -0.25) is 9.59 Å². The summed E-state index contributed by atoms with van der Waals surface area (Å²) in [4.78, 5) is 24.3. The Labute approximate surface area is 355 Å². The smallest absolute Gasteiger partial charge is 0.309 e. The van der Waals surface area contributed by atoms with E-state index in [-0.39, 0.29) is 25.6 Å². The van der Waals surface area contributed by atoms with Crippen LogP contribution < -0.4 is 0 Å². The van der Waals surface area contributed by atoms with Gasteiger partial charge in [0.25, 0.3) is 0 Å². The van der Waals surface area contributed by atoms with E-state index in [1.54, 1.807) is 6.08 Å². The summed E-state index contributed by atoms with van der Waals surface area (Å²) in [7, 11) is 0. The molecule has 0 radical (unpaired) electrons. The first-order valence-electron chi connectivity index (χ1n) is 22.4. The largest absolute Gasteiger partial charge is 0.461 e. The van der Waals surface area contributed by atoms with Crippen molar-refractivity contribution in [3.05, 3.63) is 146 Å². The SMILES string of the molecule is CC/C=C\C/C=C\C/C=C\C/C=C\C/C=C\C/C=C\C/C=C\CCCCCCCCCC(=O)OC(CO)COC(=O)C/C=C\C/C=C\C/C=C\C/C=C\C/C=C\CC. The zero-order chi connectivity index (χ0) is 42.1. The first kappa shape index (κ1) is 53.8. The summed E-state index contributed by atoms with van der Waals surface area (Å²) in [6.45, 7) is 3.78. The molecule has 0 heterocycles. The maximum absolute atomic E-state index is 12.2. The predicted octanol–water partition coefficient (Wildman–Crippen LogP) is 14.7. The molecule has 0 amide bonds. The van der Waals surface area contributed by atoms with Crippen LogP contribution in [0.4, 0.5) is 0 Å². The lowest BCUT2D eigenvalue weighted by molar-refractivity contribution is -0.161. The molecule has 0 aromatic heterocycles. The van der Waals surface area contributed by atoms with Gasteiger partial charge in [-0.05, 0) is 96.3 Å². The molecule has 0 bridgehead atoms. The predicted molar refractivity (Wildman–Crippen MR) is 251 cm³/mol. The second-order valence-electron chi connectivity index (χ2n) is 14.0. The topological polar surface area (TPSA) is 72.8 Å². The van der Waals surface area contributed by atoms with Gasteiger partial charge >= 0.3 is 11.9 Å². The van der Waals surface area contributed by atoms with Crippen LogP contribution in [0.15, 0.2) is 146 Å². The van der Waals surface area contributed by atoms with Gasteiger partial charge in [0.15, 0.2) is 6.10 Å². The quantitative estimate of drug-likeness (QED) is 0.0383. The second kappa shape index (κ2) is 47.2. The number of carbonyl (C=O) groups excluding carboxylic acids is 2. The molecule has 58 heavy (non-hydrogen) atoms. The van der Waals surface area contributed by atoms with E-state index in [2.05, 4.69) is 148 Å². The van der Waals surface area contributed by atoms with Gasteiger partial charge in [0, 0.05) is 6.42 Å². The van der Waals surface area contributed by atoms with Gasteiger partial charge in [-0.1, -0.05) is 192 Å². The highest BCUT2D eigenvalue weighted by atomic mass is 16.6. The molecule has 0 aromatic rings. The molecule has 0 spiro atoms. The van der Waals surface area contributed by atoms with Gasteiger partial charge in [0.05, 0.1) is 13.0 Å². The summed E-state index contributed by atoms with van der Waals surface area (Å²) in [5.41, 5.74) is 0. The highest BCUT2D eigenvalue weighted by Gasteiger charge is 2.15. The second-order valence-corrected chi connectivity index (χ2v) is 14.0. The van der Waals surface area contributed by atoms with E-state index in [0.717, 1.165) is 103 Å². The molecule has 0 aromatic carbocycles. The molecule has 0 rings (SSSR count). The van der Waals surface area contributed by atoms with Crippen molar-refractivity contribution >= 4 is 11.9 Å². The lowest BCUT2D eigenvalue weighted by Crippen LogP contribution is -2.28. The van der Waals surface area contributed by atoms with Crippen molar-refractivity contribution in [2.24, 2.45) is 0 Å². The van der Waals surface area contributed by atoms with Gasteiger partial charge in [-0.2, -0.15) is 0 Å². The Bertz CT molecular complexity index is 1310. The van der Waals surface area contributed by atoms with Crippen LogP contribution in [0.1, 0.15) is 155 Å². The molecule has 322 valence electrons. The minimum absolute atomic E-state index is 0.135.